The maximum Gasteiger partial charge on any atom is 0.330 e. The Morgan fingerprint density at radius 2 is 1.66 bits per heavy atom. The number of carbonyl (C=O) groups excluding carboxylic acids is 1. The Bertz CT molecular complexity index is 649. The zero-order valence-electron chi connectivity index (χ0n) is 18.8. The van der Waals surface area contributed by atoms with Crippen LogP contribution in [-0.2, 0) is 23.4 Å². The maximum absolute atomic E-state index is 11.7. The molecule has 2 rings (SSSR count). The summed E-state index contributed by atoms with van der Waals surface area (Å²) < 4.78 is 24.0. The molecule has 0 bridgehead atoms. The smallest absolute Gasteiger partial charge is 0.330 e. The second-order valence-corrected chi connectivity index (χ2v) is 13.9. The standard InChI is InChI=1S/C23H36O5Si/c1-16(2)29(17(3)4,18(5)6)28-21-15-26-23(19-11-9-8-10-12-19)27-20(21)13-14-22(24)25-7/h8-14,16-18,20-21,23H,15H2,1-7H3/t20-,21+,23?/m0/s1. The van der Waals surface area contributed by atoms with Crippen LogP contribution in [0.15, 0.2) is 42.5 Å². The fourth-order valence-corrected chi connectivity index (χ4v) is 10.1. The molecule has 6 heteroatoms. The van der Waals surface area contributed by atoms with E-state index in [1.165, 1.54) is 13.2 Å². The first-order valence-electron chi connectivity index (χ1n) is 10.5. The molecular formula is C23H36O5Si. The van der Waals surface area contributed by atoms with Crippen molar-refractivity contribution in [3.8, 4) is 0 Å². The van der Waals surface area contributed by atoms with Crippen molar-refractivity contribution in [3.05, 3.63) is 48.0 Å². The average Bonchev–Trinajstić information content (AvgIpc) is 2.70. The molecule has 1 aromatic carbocycles. The second-order valence-electron chi connectivity index (χ2n) is 8.53. The molecule has 0 amide bonds. The van der Waals surface area contributed by atoms with Gasteiger partial charge in [-0.2, -0.15) is 0 Å². The molecule has 1 unspecified atom stereocenters. The molecule has 0 radical (unpaired) electrons. The highest BCUT2D eigenvalue weighted by atomic mass is 28.4. The summed E-state index contributed by atoms with van der Waals surface area (Å²) in [6.45, 7) is 13.9. The molecule has 1 aliphatic rings. The van der Waals surface area contributed by atoms with E-state index in [4.69, 9.17) is 18.6 Å². The molecule has 0 spiro atoms. The fourth-order valence-electron chi connectivity index (χ4n) is 4.51. The van der Waals surface area contributed by atoms with Gasteiger partial charge in [-0.25, -0.2) is 4.79 Å². The van der Waals surface area contributed by atoms with E-state index in [0.717, 1.165) is 5.56 Å². The van der Waals surface area contributed by atoms with Gasteiger partial charge < -0.3 is 18.6 Å². The van der Waals surface area contributed by atoms with Gasteiger partial charge in [-0.05, 0) is 22.7 Å². The van der Waals surface area contributed by atoms with Crippen LogP contribution >= 0.6 is 0 Å². The Kier molecular flexibility index (Phi) is 8.64. The van der Waals surface area contributed by atoms with Gasteiger partial charge >= 0.3 is 5.97 Å². The third kappa shape index (κ3) is 5.57. The van der Waals surface area contributed by atoms with Crippen LogP contribution in [0.3, 0.4) is 0 Å². The molecule has 3 atom stereocenters. The van der Waals surface area contributed by atoms with Gasteiger partial charge in [-0.15, -0.1) is 0 Å². The summed E-state index contributed by atoms with van der Waals surface area (Å²) in [6.07, 6.45) is 2.01. The lowest BCUT2D eigenvalue weighted by atomic mass is 10.1. The first-order valence-corrected chi connectivity index (χ1v) is 12.6. The van der Waals surface area contributed by atoms with Gasteiger partial charge in [0.15, 0.2) is 6.29 Å². The quantitative estimate of drug-likeness (QED) is 0.321. The van der Waals surface area contributed by atoms with E-state index in [2.05, 4.69) is 41.5 Å². The van der Waals surface area contributed by atoms with Crippen LogP contribution in [0.25, 0.3) is 0 Å². The van der Waals surface area contributed by atoms with Gasteiger partial charge in [-0.3, -0.25) is 0 Å². The van der Waals surface area contributed by atoms with E-state index in [0.29, 0.717) is 23.2 Å². The van der Waals surface area contributed by atoms with Crippen LogP contribution in [0, 0.1) is 0 Å². The summed E-state index contributed by atoms with van der Waals surface area (Å²) in [5.74, 6) is -0.407. The van der Waals surface area contributed by atoms with Gasteiger partial charge in [0.1, 0.15) is 6.10 Å². The summed E-state index contributed by atoms with van der Waals surface area (Å²) in [5, 5.41) is 0. The molecule has 5 nitrogen and oxygen atoms in total. The highest BCUT2D eigenvalue weighted by Gasteiger charge is 2.48. The molecule has 0 aliphatic carbocycles. The van der Waals surface area contributed by atoms with Crippen LogP contribution in [0.1, 0.15) is 53.4 Å². The first kappa shape index (κ1) is 23.8. The van der Waals surface area contributed by atoms with E-state index in [1.54, 1.807) is 6.08 Å². The van der Waals surface area contributed by atoms with Crippen molar-refractivity contribution in [1.82, 2.24) is 0 Å². The van der Waals surface area contributed by atoms with Gasteiger partial charge in [0, 0.05) is 11.6 Å². The van der Waals surface area contributed by atoms with Gasteiger partial charge in [0.05, 0.1) is 19.8 Å². The summed E-state index contributed by atoms with van der Waals surface area (Å²) in [7, 11) is -0.765. The Morgan fingerprint density at radius 3 is 2.17 bits per heavy atom. The number of rotatable bonds is 8. The van der Waals surface area contributed by atoms with E-state index < -0.39 is 26.7 Å². The fraction of sp³-hybridized carbons (Fsp3) is 0.609. The Balaban J connectivity index is 2.30. The lowest BCUT2D eigenvalue weighted by molar-refractivity contribution is -0.241. The summed E-state index contributed by atoms with van der Waals surface area (Å²) in [4.78, 5) is 11.7. The predicted molar refractivity (Wildman–Crippen MR) is 117 cm³/mol. The number of hydrogen-bond donors (Lipinski definition) is 0. The number of hydrogen-bond acceptors (Lipinski definition) is 5. The zero-order chi connectivity index (χ0) is 21.6. The van der Waals surface area contributed by atoms with Crippen LogP contribution in [0.2, 0.25) is 16.6 Å². The van der Waals surface area contributed by atoms with Crippen LogP contribution in [-0.4, -0.2) is 40.2 Å². The van der Waals surface area contributed by atoms with Gasteiger partial charge in [0.25, 0.3) is 0 Å². The molecule has 0 saturated carbocycles. The minimum atomic E-state index is -2.13. The molecule has 1 heterocycles. The molecular weight excluding hydrogens is 384 g/mol. The third-order valence-electron chi connectivity index (χ3n) is 5.82. The maximum atomic E-state index is 11.7. The average molecular weight is 421 g/mol. The minimum absolute atomic E-state index is 0.269. The summed E-state index contributed by atoms with van der Waals surface area (Å²) >= 11 is 0. The van der Waals surface area contributed by atoms with Crippen LogP contribution in [0.5, 0.6) is 0 Å². The third-order valence-corrected chi connectivity index (χ3v) is 11.9. The summed E-state index contributed by atoms with van der Waals surface area (Å²) in [6, 6.07) is 9.82. The van der Waals surface area contributed by atoms with Crippen molar-refractivity contribution in [1.29, 1.82) is 0 Å². The molecule has 1 fully saturated rings. The molecule has 0 aromatic heterocycles. The van der Waals surface area contributed by atoms with Crippen molar-refractivity contribution in [2.24, 2.45) is 0 Å². The number of methoxy groups -OCH3 is 1. The molecule has 1 aromatic rings. The summed E-state index contributed by atoms with van der Waals surface area (Å²) in [5.41, 5.74) is 2.28. The topological polar surface area (TPSA) is 54.0 Å². The van der Waals surface area contributed by atoms with Crippen molar-refractivity contribution >= 4 is 14.3 Å². The molecule has 1 saturated heterocycles. The second kappa shape index (κ2) is 10.5. The van der Waals surface area contributed by atoms with Crippen molar-refractivity contribution in [2.45, 2.75) is 76.7 Å². The Morgan fingerprint density at radius 1 is 1.07 bits per heavy atom. The van der Waals surface area contributed by atoms with Crippen molar-refractivity contribution in [3.63, 3.8) is 0 Å². The van der Waals surface area contributed by atoms with Gasteiger partial charge in [-0.1, -0.05) is 71.9 Å². The first-order chi connectivity index (χ1) is 13.7. The van der Waals surface area contributed by atoms with Crippen molar-refractivity contribution < 1.29 is 23.4 Å². The van der Waals surface area contributed by atoms with E-state index in [9.17, 15) is 4.79 Å². The highest BCUT2D eigenvalue weighted by Crippen LogP contribution is 2.44. The van der Waals surface area contributed by atoms with E-state index >= 15 is 0 Å². The number of ether oxygens (including phenoxy) is 3. The van der Waals surface area contributed by atoms with Crippen LogP contribution in [0.4, 0.5) is 0 Å². The minimum Gasteiger partial charge on any atom is -0.466 e. The predicted octanol–water partition coefficient (Wildman–Crippen LogP) is 5.39. The number of carbonyl (C=O) groups is 1. The van der Waals surface area contributed by atoms with Gasteiger partial charge in [0.2, 0.25) is 8.32 Å². The molecule has 29 heavy (non-hydrogen) atoms. The Labute approximate surface area is 176 Å². The highest BCUT2D eigenvalue weighted by molar-refractivity contribution is 6.77. The normalized spacial score (nSPS) is 23.3. The zero-order valence-corrected chi connectivity index (χ0v) is 19.8. The van der Waals surface area contributed by atoms with E-state index in [-0.39, 0.29) is 6.10 Å². The van der Waals surface area contributed by atoms with E-state index in [1.807, 2.05) is 30.3 Å². The monoisotopic (exact) mass is 420 g/mol. The van der Waals surface area contributed by atoms with Crippen molar-refractivity contribution in [2.75, 3.05) is 13.7 Å². The SMILES string of the molecule is COC(=O)C=C[C@@H]1OC(c2ccccc2)OC[C@H]1O[Si](C(C)C)(C(C)C)C(C)C. The van der Waals surface area contributed by atoms with Crippen LogP contribution < -0.4 is 0 Å². The number of benzene rings is 1. The Hall–Kier alpha value is -1.47. The number of esters is 1. The molecule has 1 aliphatic heterocycles. The molecule has 162 valence electrons. The largest absolute Gasteiger partial charge is 0.466 e. The lowest BCUT2D eigenvalue weighted by Crippen LogP contribution is -2.55. The molecule has 0 N–H and O–H groups in total. The lowest BCUT2D eigenvalue weighted by Gasteiger charge is -2.47.